The molecule has 4 aromatic rings. The van der Waals surface area contributed by atoms with Gasteiger partial charge in [-0.2, -0.15) is 0 Å². The average molecular weight is 400 g/mol. The Morgan fingerprint density at radius 1 is 1.13 bits per heavy atom. The number of para-hydroxylation sites is 1. The zero-order valence-corrected chi connectivity index (χ0v) is 17.0. The standard InChI is InChI=1S/C23H24N6O/c1-29(2)23(30)16-9-7-15(8-10-16)20-14-27-21(24)22(28-20)25-12-11-17-13-26-19-6-4-3-5-18(17)19/h3-10,13-14,26H,11-12H2,1-2H3,(H2,24,27)(H,25,28). The number of hydrogen-bond donors (Lipinski definition) is 3. The third kappa shape index (κ3) is 3.96. The Hall–Kier alpha value is -3.87. The first-order valence-corrected chi connectivity index (χ1v) is 9.76. The van der Waals surface area contributed by atoms with Crippen LogP contribution in [0.3, 0.4) is 0 Å². The van der Waals surface area contributed by atoms with Gasteiger partial charge in [0.05, 0.1) is 11.9 Å². The lowest BCUT2D eigenvalue weighted by molar-refractivity contribution is 0.0827. The van der Waals surface area contributed by atoms with Gasteiger partial charge in [0, 0.05) is 48.9 Å². The highest BCUT2D eigenvalue weighted by atomic mass is 16.2. The number of carbonyl (C=O) groups excluding carboxylic acids is 1. The number of H-pyrrole nitrogens is 1. The number of carbonyl (C=O) groups is 1. The molecule has 0 aliphatic carbocycles. The molecule has 2 heterocycles. The van der Waals surface area contributed by atoms with E-state index in [2.05, 4.69) is 32.4 Å². The number of benzene rings is 2. The Labute approximate surface area is 175 Å². The van der Waals surface area contributed by atoms with Crippen LogP contribution in [-0.2, 0) is 6.42 Å². The minimum Gasteiger partial charge on any atom is -0.381 e. The van der Waals surface area contributed by atoms with Gasteiger partial charge in [0.15, 0.2) is 11.6 Å². The summed E-state index contributed by atoms with van der Waals surface area (Å²) in [7, 11) is 3.46. The molecule has 0 bridgehead atoms. The number of anilines is 2. The maximum atomic E-state index is 12.1. The molecule has 4 N–H and O–H groups in total. The number of nitrogen functional groups attached to an aromatic ring is 1. The first-order chi connectivity index (χ1) is 14.5. The highest BCUT2D eigenvalue weighted by Gasteiger charge is 2.10. The number of hydrogen-bond acceptors (Lipinski definition) is 5. The molecule has 0 unspecified atom stereocenters. The number of nitrogens with zero attached hydrogens (tertiary/aromatic N) is 3. The average Bonchev–Trinajstić information content (AvgIpc) is 3.18. The van der Waals surface area contributed by atoms with Crippen molar-refractivity contribution in [1.82, 2.24) is 19.9 Å². The lowest BCUT2D eigenvalue weighted by Gasteiger charge is -2.11. The van der Waals surface area contributed by atoms with Crippen LogP contribution in [-0.4, -0.2) is 46.4 Å². The normalized spacial score (nSPS) is 10.9. The molecule has 7 heteroatoms. The first kappa shape index (κ1) is 19.4. The number of rotatable bonds is 6. The van der Waals surface area contributed by atoms with E-state index in [1.165, 1.54) is 10.9 Å². The highest BCUT2D eigenvalue weighted by Crippen LogP contribution is 2.23. The van der Waals surface area contributed by atoms with E-state index in [1.54, 1.807) is 37.3 Å². The second-order valence-corrected chi connectivity index (χ2v) is 7.30. The summed E-state index contributed by atoms with van der Waals surface area (Å²) in [5, 5.41) is 4.52. The lowest BCUT2D eigenvalue weighted by atomic mass is 10.1. The molecule has 0 atom stereocenters. The van der Waals surface area contributed by atoms with Gasteiger partial charge in [-0.3, -0.25) is 4.79 Å². The van der Waals surface area contributed by atoms with Crippen LogP contribution < -0.4 is 11.1 Å². The van der Waals surface area contributed by atoms with E-state index in [4.69, 9.17) is 5.73 Å². The molecule has 2 aromatic heterocycles. The highest BCUT2D eigenvalue weighted by molar-refractivity contribution is 5.94. The van der Waals surface area contributed by atoms with Gasteiger partial charge in [0.2, 0.25) is 0 Å². The molecule has 0 aliphatic rings. The monoisotopic (exact) mass is 400 g/mol. The van der Waals surface area contributed by atoms with E-state index in [1.807, 2.05) is 30.5 Å². The largest absolute Gasteiger partial charge is 0.381 e. The minimum atomic E-state index is -0.0374. The Morgan fingerprint density at radius 3 is 2.67 bits per heavy atom. The zero-order chi connectivity index (χ0) is 21.1. The second-order valence-electron chi connectivity index (χ2n) is 7.30. The van der Waals surface area contributed by atoms with E-state index in [9.17, 15) is 4.79 Å². The van der Waals surface area contributed by atoms with Crippen LogP contribution in [0.25, 0.3) is 22.2 Å². The molecule has 4 rings (SSSR count). The lowest BCUT2D eigenvalue weighted by Crippen LogP contribution is -2.21. The topological polar surface area (TPSA) is 99.9 Å². The number of fused-ring (bicyclic) bond motifs is 1. The van der Waals surface area contributed by atoms with Gasteiger partial charge in [-0.25, -0.2) is 9.97 Å². The number of aromatic amines is 1. The van der Waals surface area contributed by atoms with Crippen LogP contribution in [0.4, 0.5) is 11.6 Å². The van der Waals surface area contributed by atoms with Crippen molar-refractivity contribution in [2.24, 2.45) is 0 Å². The summed E-state index contributed by atoms with van der Waals surface area (Å²) in [5.74, 6) is 0.877. The van der Waals surface area contributed by atoms with Crippen LogP contribution in [0.2, 0.25) is 0 Å². The fourth-order valence-electron chi connectivity index (χ4n) is 3.36. The quantitative estimate of drug-likeness (QED) is 0.459. The first-order valence-electron chi connectivity index (χ1n) is 9.76. The molecule has 0 saturated heterocycles. The fourth-order valence-corrected chi connectivity index (χ4v) is 3.36. The van der Waals surface area contributed by atoms with E-state index < -0.39 is 0 Å². The summed E-state index contributed by atoms with van der Waals surface area (Å²) in [4.78, 5) is 25.8. The SMILES string of the molecule is CN(C)C(=O)c1ccc(-c2cnc(N)c(NCCc3c[nH]c4ccccc34)n2)cc1. The van der Waals surface area contributed by atoms with E-state index >= 15 is 0 Å². The summed E-state index contributed by atoms with van der Waals surface area (Å²) < 4.78 is 0. The summed E-state index contributed by atoms with van der Waals surface area (Å²) in [6, 6.07) is 15.6. The van der Waals surface area contributed by atoms with Crippen molar-refractivity contribution >= 4 is 28.4 Å². The van der Waals surface area contributed by atoms with Crippen LogP contribution >= 0.6 is 0 Å². The Morgan fingerprint density at radius 2 is 1.90 bits per heavy atom. The Kier molecular flexibility index (Phi) is 5.34. The smallest absolute Gasteiger partial charge is 0.253 e. The molecular weight excluding hydrogens is 376 g/mol. The minimum absolute atomic E-state index is 0.0374. The molecule has 152 valence electrons. The molecule has 1 amide bonds. The summed E-state index contributed by atoms with van der Waals surface area (Å²) in [6.45, 7) is 0.681. The molecule has 7 nitrogen and oxygen atoms in total. The van der Waals surface area contributed by atoms with Crippen molar-refractivity contribution in [2.45, 2.75) is 6.42 Å². The third-order valence-electron chi connectivity index (χ3n) is 5.00. The fraction of sp³-hybridized carbons (Fsp3) is 0.174. The molecule has 2 aromatic carbocycles. The molecule has 0 spiro atoms. The number of nitrogens with one attached hydrogen (secondary N) is 2. The summed E-state index contributed by atoms with van der Waals surface area (Å²) >= 11 is 0. The number of amides is 1. The molecule has 0 saturated carbocycles. The van der Waals surface area contributed by atoms with Gasteiger partial charge >= 0.3 is 0 Å². The van der Waals surface area contributed by atoms with Crippen molar-refractivity contribution in [3.05, 3.63) is 72.1 Å². The number of nitrogens with two attached hydrogens (primary N) is 1. The second kappa shape index (κ2) is 8.24. The van der Waals surface area contributed by atoms with E-state index in [0.29, 0.717) is 29.4 Å². The van der Waals surface area contributed by atoms with Crippen molar-refractivity contribution in [2.75, 3.05) is 31.7 Å². The van der Waals surface area contributed by atoms with Gasteiger partial charge in [0.25, 0.3) is 5.91 Å². The molecule has 0 fully saturated rings. The number of aromatic nitrogens is 3. The van der Waals surface area contributed by atoms with Crippen molar-refractivity contribution in [1.29, 1.82) is 0 Å². The van der Waals surface area contributed by atoms with Crippen molar-refractivity contribution in [3.8, 4) is 11.3 Å². The van der Waals surface area contributed by atoms with E-state index in [0.717, 1.165) is 17.5 Å². The molecule has 0 aliphatic heterocycles. The molecular formula is C23H24N6O. The van der Waals surface area contributed by atoms with Gasteiger partial charge in [-0.1, -0.05) is 30.3 Å². The van der Waals surface area contributed by atoms with Gasteiger partial charge < -0.3 is 20.9 Å². The van der Waals surface area contributed by atoms with Gasteiger partial charge in [-0.15, -0.1) is 0 Å². The van der Waals surface area contributed by atoms with Crippen LogP contribution in [0.15, 0.2) is 60.9 Å². The van der Waals surface area contributed by atoms with E-state index in [-0.39, 0.29) is 5.91 Å². The van der Waals surface area contributed by atoms with Crippen LogP contribution in [0.5, 0.6) is 0 Å². The van der Waals surface area contributed by atoms with Crippen LogP contribution in [0.1, 0.15) is 15.9 Å². The molecule has 30 heavy (non-hydrogen) atoms. The van der Waals surface area contributed by atoms with Gasteiger partial charge in [0.1, 0.15) is 0 Å². The maximum Gasteiger partial charge on any atom is 0.253 e. The Balaban J connectivity index is 1.47. The summed E-state index contributed by atoms with van der Waals surface area (Å²) in [5.41, 5.74) is 10.6. The van der Waals surface area contributed by atoms with Crippen molar-refractivity contribution < 1.29 is 4.79 Å². The van der Waals surface area contributed by atoms with Crippen molar-refractivity contribution in [3.63, 3.8) is 0 Å². The predicted molar refractivity (Wildman–Crippen MR) is 120 cm³/mol. The molecule has 0 radical (unpaired) electrons. The third-order valence-corrected chi connectivity index (χ3v) is 5.00. The zero-order valence-electron chi connectivity index (χ0n) is 17.0. The maximum absolute atomic E-state index is 12.1. The van der Waals surface area contributed by atoms with Gasteiger partial charge in [-0.05, 0) is 30.2 Å². The Bertz CT molecular complexity index is 1180. The van der Waals surface area contributed by atoms with Crippen LogP contribution in [0, 0.1) is 0 Å². The summed E-state index contributed by atoms with van der Waals surface area (Å²) in [6.07, 6.45) is 4.51. The predicted octanol–water partition coefficient (Wildman–Crippen LogP) is 3.56.